The highest BCUT2D eigenvalue weighted by Crippen LogP contribution is 2.16. The van der Waals surface area contributed by atoms with Gasteiger partial charge in [0.2, 0.25) is 0 Å². The summed E-state index contributed by atoms with van der Waals surface area (Å²) in [6.45, 7) is 4.68. The number of rotatable bonds is 5. The predicted octanol–water partition coefficient (Wildman–Crippen LogP) is 3.42. The summed E-state index contributed by atoms with van der Waals surface area (Å²) < 4.78 is 13.5. The summed E-state index contributed by atoms with van der Waals surface area (Å²) in [7, 11) is 0. The largest absolute Gasteiger partial charge is 0.310 e. The number of aryl methyl sites for hydroxylation is 1. The van der Waals surface area contributed by atoms with Crippen LogP contribution in [0.3, 0.4) is 0 Å². The van der Waals surface area contributed by atoms with Crippen LogP contribution < -0.4 is 5.32 Å². The van der Waals surface area contributed by atoms with Crippen molar-refractivity contribution in [3.8, 4) is 0 Å². The number of hydrogen-bond donors (Lipinski definition) is 1. The predicted molar refractivity (Wildman–Crippen MR) is 75.5 cm³/mol. The minimum Gasteiger partial charge on any atom is -0.310 e. The molecule has 0 saturated carbocycles. The van der Waals surface area contributed by atoms with Gasteiger partial charge in [-0.2, -0.15) is 0 Å². The van der Waals surface area contributed by atoms with Crippen molar-refractivity contribution >= 4 is 0 Å². The highest BCUT2D eigenvalue weighted by Gasteiger charge is 2.07. The fraction of sp³-hybridized carbons (Fsp3) is 0.312. The Morgan fingerprint density at radius 3 is 2.84 bits per heavy atom. The first-order valence-corrected chi connectivity index (χ1v) is 6.55. The number of nitrogens with zero attached hydrogens (tertiary/aromatic N) is 1. The normalized spacial score (nSPS) is 12.4. The molecule has 0 saturated heterocycles. The zero-order valence-electron chi connectivity index (χ0n) is 11.4. The van der Waals surface area contributed by atoms with Crippen LogP contribution >= 0.6 is 0 Å². The van der Waals surface area contributed by atoms with E-state index < -0.39 is 0 Å². The van der Waals surface area contributed by atoms with Gasteiger partial charge in [0.25, 0.3) is 0 Å². The van der Waals surface area contributed by atoms with Crippen LogP contribution in [0, 0.1) is 12.7 Å². The van der Waals surface area contributed by atoms with E-state index in [1.807, 2.05) is 31.3 Å². The van der Waals surface area contributed by atoms with Crippen molar-refractivity contribution in [3.63, 3.8) is 0 Å². The molecular weight excluding hydrogens is 239 g/mol. The molecule has 1 N–H and O–H groups in total. The van der Waals surface area contributed by atoms with Crippen LogP contribution in [-0.4, -0.2) is 11.5 Å². The molecule has 0 spiro atoms. The molecule has 0 amide bonds. The average molecular weight is 258 g/mol. The SMILES string of the molecule is Cc1ccc(C(C)NCCc2cccnc2)cc1F. The van der Waals surface area contributed by atoms with E-state index in [-0.39, 0.29) is 11.9 Å². The number of pyridine rings is 1. The van der Waals surface area contributed by atoms with Crippen molar-refractivity contribution in [1.29, 1.82) is 0 Å². The standard InChI is InChI=1S/C16H19FN2/c1-12-5-6-15(10-16(12)17)13(2)19-9-7-14-4-3-8-18-11-14/h3-6,8,10-11,13,19H,7,9H2,1-2H3. The van der Waals surface area contributed by atoms with E-state index in [0.717, 1.165) is 18.5 Å². The molecule has 1 unspecified atom stereocenters. The molecule has 100 valence electrons. The number of hydrogen-bond acceptors (Lipinski definition) is 2. The van der Waals surface area contributed by atoms with Crippen LogP contribution in [0.25, 0.3) is 0 Å². The van der Waals surface area contributed by atoms with Crippen molar-refractivity contribution in [2.45, 2.75) is 26.3 Å². The van der Waals surface area contributed by atoms with Crippen LogP contribution in [-0.2, 0) is 6.42 Å². The van der Waals surface area contributed by atoms with Crippen molar-refractivity contribution in [2.24, 2.45) is 0 Å². The zero-order chi connectivity index (χ0) is 13.7. The van der Waals surface area contributed by atoms with Gasteiger partial charge in [0.05, 0.1) is 0 Å². The molecule has 0 radical (unpaired) electrons. The summed E-state index contributed by atoms with van der Waals surface area (Å²) >= 11 is 0. The minimum atomic E-state index is -0.140. The number of nitrogens with one attached hydrogen (secondary N) is 1. The summed E-state index contributed by atoms with van der Waals surface area (Å²) in [6.07, 6.45) is 4.57. The van der Waals surface area contributed by atoms with Crippen LogP contribution in [0.2, 0.25) is 0 Å². The molecule has 0 fully saturated rings. The molecule has 0 bridgehead atoms. The minimum absolute atomic E-state index is 0.140. The van der Waals surface area contributed by atoms with Crippen molar-refractivity contribution in [2.75, 3.05) is 6.54 Å². The molecule has 0 aliphatic rings. The number of aromatic nitrogens is 1. The molecule has 1 aromatic carbocycles. The highest BCUT2D eigenvalue weighted by atomic mass is 19.1. The molecule has 3 heteroatoms. The second-order valence-electron chi connectivity index (χ2n) is 4.80. The first kappa shape index (κ1) is 13.7. The van der Waals surface area contributed by atoms with Crippen molar-refractivity contribution < 1.29 is 4.39 Å². The van der Waals surface area contributed by atoms with Crippen molar-refractivity contribution in [3.05, 3.63) is 65.2 Å². The van der Waals surface area contributed by atoms with E-state index in [1.54, 1.807) is 19.2 Å². The molecule has 0 aliphatic heterocycles. The van der Waals surface area contributed by atoms with Crippen LogP contribution in [0.4, 0.5) is 4.39 Å². The Morgan fingerprint density at radius 1 is 1.32 bits per heavy atom. The van der Waals surface area contributed by atoms with Gasteiger partial charge in [-0.15, -0.1) is 0 Å². The summed E-state index contributed by atoms with van der Waals surface area (Å²) in [5.41, 5.74) is 2.87. The third-order valence-corrected chi connectivity index (χ3v) is 3.28. The lowest BCUT2D eigenvalue weighted by Crippen LogP contribution is -2.21. The van der Waals surface area contributed by atoms with E-state index in [1.165, 1.54) is 5.56 Å². The molecule has 2 aromatic rings. The van der Waals surface area contributed by atoms with Gasteiger partial charge < -0.3 is 5.32 Å². The van der Waals surface area contributed by atoms with Gasteiger partial charge in [-0.3, -0.25) is 4.98 Å². The maximum absolute atomic E-state index is 13.5. The van der Waals surface area contributed by atoms with Gasteiger partial charge in [-0.05, 0) is 55.6 Å². The van der Waals surface area contributed by atoms with Gasteiger partial charge >= 0.3 is 0 Å². The molecule has 2 rings (SSSR count). The lowest BCUT2D eigenvalue weighted by atomic mass is 10.1. The molecule has 1 atom stereocenters. The van der Waals surface area contributed by atoms with Gasteiger partial charge in [-0.1, -0.05) is 18.2 Å². The molecule has 0 aliphatic carbocycles. The Hall–Kier alpha value is -1.74. The molecule has 1 aromatic heterocycles. The Kier molecular flexibility index (Phi) is 4.63. The summed E-state index contributed by atoms with van der Waals surface area (Å²) in [5, 5.41) is 3.40. The zero-order valence-corrected chi connectivity index (χ0v) is 11.4. The maximum atomic E-state index is 13.5. The van der Waals surface area contributed by atoms with E-state index in [2.05, 4.69) is 16.4 Å². The van der Waals surface area contributed by atoms with Gasteiger partial charge in [0.15, 0.2) is 0 Å². The van der Waals surface area contributed by atoms with E-state index in [4.69, 9.17) is 0 Å². The van der Waals surface area contributed by atoms with Crippen molar-refractivity contribution in [1.82, 2.24) is 10.3 Å². The smallest absolute Gasteiger partial charge is 0.126 e. The Balaban J connectivity index is 1.87. The second-order valence-corrected chi connectivity index (χ2v) is 4.80. The van der Waals surface area contributed by atoms with Gasteiger partial charge in [0, 0.05) is 18.4 Å². The Bertz CT molecular complexity index is 526. The third kappa shape index (κ3) is 3.86. The monoisotopic (exact) mass is 258 g/mol. The van der Waals surface area contributed by atoms with E-state index in [0.29, 0.717) is 5.56 Å². The lowest BCUT2D eigenvalue weighted by Gasteiger charge is -2.14. The summed E-state index contributed by atoms with van der Waals surface area (Å²) in [4.78, 5) is 4.08. The third-order valence-electron chi connectivity index (χ3n) is 3.28. The molecule has 19 heavy (non-hydrogen) atoms. The number of halogens is 1. The summed E-state index contributed by atoms with van der Waals surface area (Å²) in [5.74, 6) is -0.140. The molecule has 1 heterocycles. The van der Waals surface area contributed by atoms with Gasteiger partial charge in [-0.25, -0.2) is 4.39 Å². The number of benzene rings is 1. The van der Waals surface area contributed by atoms with Crippen LogP contribution in [0.15, 0.2) is 42.7 Å². The average Bonchev–Trinajstić information content (AvgIpc) is 2.43. The lowest BCUT2D eigenvalue weighted by molar-refractivity contribution is 0.565. The first-order chi connectivity index (χ1) is 9.16. The molecular formula is C16H19FN2. The second kappa shape index (κ2) is 6.43. The Morgan fingerprint density at radius 2 is 2.16 bits per heavy atom. The quantitative estimate of drug-likeness (QED) is 0.888. The van der Waals surface area contributed by atoms with Crippen LogP contribution in [0.1, 0.15) is 29.7 Å². The highest BCUT2D eigenvalue weighted by molar-refractivity contribution is 5.25. The van der Waals surface area contributed by atoms with Gasteiger partial charge in [0.1, 0.15) is 5.82 Å². The summed E-state index contributed by atoms with van der Waals surface area (Å²) in [6, 6.07) is 9.55. The fourth-order valence-corrected chi connectivity index (χ4v) is 1.98. The van der Waals surface area contributed by atoms with E-state index >= 15 is 0 Å². The maximum Gasteiger partial charge on any atom is 0.126 e. The first-order valence-electron chi connectivity index (χ1n) is 6.55. The van der Waals surface area contributed by atoms with E-state index in [9.17, 15) is 4.39 Å². The molecule has 2 nitrogen and oxygen atoms in total. The topological polar surface area (TPSA) is 24.9 Å². The Labute approximate surface area is 113 Å². The van der Waals surface area contributed by atoms with Crippen LogP contribution in [0.5, 0.6) is 0 Å². The fourth-order valence-electron chi connectivity index (χ4n) is 1.98.